The molecule has 0 aromatic heterocycles. The largest absolute Gasteiger partial charge is 0.480 e. The van der Waals surface area contributed by atoms with E-state index >= 15 is 0 Å². The molecule has 0 bridgehead atoms. The van der Waals surface area contributed by atoms with E-state index in [1.165, 1.54) is 67.2 Å². The van der Waals surface area contributed by atoms with Gasteiger partial charge in [0.05, 0.1) is 12.6 Å². The number of aliphatic hydroxyl groups is 1. The van der Waals surface area contributed by atoms with Gasteiger partial charge in [-0.05, 0) is 200 Å². The Kier molecular flexibility index (Phi) is 64.9. The number of carbonyl (C=O) groups excluding carboxylic acids is 19. The van der Waals surface area contributed by atoms with E-state index in [1.54, 1.807) is 69.2 Å². The van der Waals surface area contributed by atoms with Crippen LogP contribution < -0.4 is 162 Å². The maximum Gasteiger partial charge on any atom is 0.326 e. The van der Waals surface area contributed by atoms with Crippen LogP contribution in [0.4, 0.5) is 0 Å². The summed E-state index contributed by atoms with van der Waals surface area (Å²) in [6.07, 6.45) is 1.73. The zero-order valence-corrected chi connectivity index (χ0v) is 90.4. The van der Waals surface area contributed by atoms with Gasteiger partial charge in [-0.3, -0.25) is 118 Å². The van der Waals surface area contributed by atoms with Gasteiger partial charge in [-0.15, -0.1) is 0 Å². The summed E-state index contributed by atoms with van der Waals surface area (Å²) in [6, 6.07) is -27.9. The van der Waals surface area contributed by atoms with Crippen LogP contribution in [-0.2, 0) is 95.9 Å². The lowest BCUT2D eigenvalue weighted by Gasteiger charge is -2.28. The van der Waals surface area contributed by atoms with E-state index in [9.17, 15) is 106 Å². The van der Waals surface area contributed by atoms with Gasteiger partial charge in [-0.2, -0.15) is 11.8 Å². The Morgan fingerprint density at radius 1 is 0.227 bits per heavy atom. The minimum absolute atomic E-state index is 0.0000447. The SMILES string of the molecule is CSCC[C@H](N)C(=O)N[C@@H](C)C(=O)N[C@@H](CO)C(=O)N[C@@H](CCCNC(=N)N)C(=O)N[C@@H](C)C(=O)N[C@@H](C)C(=O)N[C@@H](CCCNC(=N)N)C(=O)N[C@@H](CC(C)C)C(=O)N[C@@H](C)C(=O)N[C@@H](C)C(=O)N[C@@H](CCCNC(=N)N)C(=O)N[C@@H](CC(C)C)C(=O)N[C@@H](C)C(=O)N[C@@H](CCCNC(=N)N)C(=O)N[C@@H](CC(C)C)C(=O)N[C@@H](C)C(=O)N[C@@H](CC(C)C)C(=O)N[C@@H](CCCNC(=N)N)C(=O)N[C@@H](C)C(=O)N[C@@H](CC(C)C)C(=O)O. The fourth-order valence-electron chi connectivity index (χ4n) is 14.3. The van der Waals surface area contributed by atoms with E-state index in [0.717, 1.165) is 0 Å². The van der Waals surface area contributed by atoms with Gasteiger partial charge in [0, 0.05) is 32.7 Å². The molecular weight excluding hydrogens is 1980 g/mol. The molecule has 20 atom stereocenters. The minimum Gasteiger partial charge on any atom is -0.480 e. The maximum atomic E-state index is 14.5. The van der Waals surface area contributed by atoms with E-state index in [-0.39, 0.29) is 165 Å². The molecule has 0 heterocycles. The topological polar surface area (TPSA) is 946 Å². The number of aliphatic carboxylic acids is 1. The molecule has 0 aromatic carbocycles. The highest BCUT2D eigenvalue weighted by Crippen LogP contribution is 2.16. The van der Waals surface area contributed by atoms with E-state index in [0.29, 0.717) is 12.2 Å². The number of hydrogen-bond acceptors (Lipinski definition) is 28. The average Bonchev–Trinajstić information content (AvgIpc) is 0.859. The molecule has 0 saturated carbocycles. The second kappa shape index (κ2) is 71.6. The van der Waals surface area contributed by atoms with Gasteiger partial charge >= 0.3 is 5.97 Å². The molecule has 0 fully saturated rings. The van der Waals surface area contributed by atoms with Crippen LogP contribution in [0.2, 0.25) is 0 Å². The molecule has 150 heavy (non-hydrogen) atoms. The lowest BCUT2D eigenvalue weighted by atomic mass is 10.0. The molecular formula is C92H171N35O22S. The normalized spacial score (nSPS) is 15.1. The summed E-state index contributed by atoms with van der Waals surface area (Å²) < 4.78 is 0. The molecule has 0 rings (SSSR count). The standard InChI is InChI=1S/C92H171N35O22S/c1-43(2)37-62(123-79(140)59(27-22-33-106-90(98)99)117-70(131)50(13)109-68(129)48(11)112-78(139)58(26-21-32-105-89(96)97)121-86(147)67(42-128)127-75(136)52(15)111-76(137)56(93)30-36-150-19)82(143)114-49(12)69(130)110-51(14)71(132)118-60(28-23-34-107-91(100)101)80(141)124-63(38-44(3)4)83(144)115-53(16)72(133)119-61(29-24-35-108-92(102)103)81(142)125-64(39-45(5)6)84(145)116-54(17)73(134)122-65(40-46(7)8)85(146)120-57(25-20-31-104-88(94)95)77(138)113-55(18)74(135)126-66(87(148)149)41-47(9)10/h43-67,128H,20-42,93H2,1-19H3,(H,109,129)(H,110,130)(H,111,137)(H,112,139)(H,113,138)(H,114,143)(H,115,144)(H,116,145)(H,117,131)(H,118,132)(H,119,133)(H,120,146)(H,121,147)(H,122,134)(H,123,140)(H,124,141)(H,125,142)(H,126,135)(H,127,136)(H,148,149)(H4,94,95,104)(H4,96,97,105)(H4,98,99,106)(H4,100,101,107)(H4,102,103,108)/t48-,49-,50-,51-,52-,53-,54-,55-,56-,57-,58-,59-,60-,61-,62-,63-,64-,65-,66-,67-/m0/s1. The van der Waals surface area contributed by atoms with E-state index in [1.807, 2.05) is 6.26 Å². The maximum absolute atomic E-state index is 14.5. The molecule has 0 aromatic rings. The van der Waals surface area contributed by atoms with Crippen LogP contribution in [0.15, 0.2) is 0 Å². The zero-order valence-electron chi connectivity index (χ0n) is 89.6. The van der Waals surface area contributed by atoms with Crippen molar-refractivity contribution in [2.75, 3.05) is 51.3 Å². The third-order valence-electron chi connectivity index (χ3n) is 22.6. The third kappa shape index (κ3) is 57.5. The number of amides is 19. The molecule has 43 N–H and O–H groups in total. The minimum atomic E-state index is -1.66. The summed E-state index contributed by atoms with van der Waals surface area (Å²) in [5.74, 6) is -21.2. The van der Waals surface area contributed by atoms with Crippen LogP contribution in [-0.4, -0.2) is 330 Å². The summed E-state index contributed by atoms with van der Waals surface area (Å²) in [4.78, 5) is 277. The van der Waals surface area contributed by atoms with Crippen LogP contribution in [0.25, 0.3) is 0 Å². The van der Waals surface area contributed by atoms with Gasteiger partial charge in [0.25, 0.3) is 0 Å². The number of carboxylic acid groups (broad SMARTS) is 1. The molecule has 57 nitrogen and oxygen atoms in total. The highest BCUT2D eigenvalue weighted by atomic mass is 32.2. The van der Waals surface area contributed by atoms with Crippen molar-refractivity contribution in [2.45, 2.75) is 348 Å². The molecule has 0 saturated heterocycles. The molecule has 852 valence electrons. The van der Waals surface area contributed by atoms with Gasteiger partial charge in [-0.25, -0.2) is 4.79 Å². The van der Waals surface area contributed by atoms with Crippen molar-refractivity contribution in [1.29, 1.82) is 27.0 Å². The number of rotatable bonds is 73. The fourth-order valence-corrected chi connectivity index (χ4v) is 14.8. The van der Waals surface area contributed by atoms with Crippen molar-refractivity contribution in [3.63, 3.8) is 0 Å². The van der Waals surface area contributed by atoms with Crippen LogP contribution in [0.3, 0.4) is 0 Å². The second-order valence-electron chi connectivity index (χ2n) is 39.0. The van der Waals surface area contributed by atoms with E-state index in [2.05, 4.69) is 128 Å². The number of thioether (sulfide) groups is 1. The van der Waals surface area contributed by atoms with E-state index in [4.69, 9.17) is 61.4 Å². The number of nitrogens with two attached hydrogens (primary N) is 6. The molecule has 0 aliphatic rings. The second-order valence-corrected chi connectivity index (χ2v) is 40.0. The smallest absolute Gasteiger partial charge is 0.326 e. The average molecular weight is 2150 g/mol. The number of hydrogen-bond donors (Lipinski definition) is 37. The van der Waals surface area contributed by atoms with Crippen LogP contribution in [0.1, 0.15) is 227 Å². The number of nitrogens with one attached hydrogen (secondary N) is 29. The van der Waals surface area contributed by atoms with Crippen LogP contribution >= 0.6 is 11.8 Å². The van der Waals surface area contributed by atoms with E-state index < -0.39 is 269 Å². The molecule has 0 spiro atoms. The van der Waals surface area contributed by atoms with Gasteiger partial charge in [0.15, 0.2) is 29.8 Å². The Morgan fingerprint density at radius 2 is 0.380 bits per heavy atom. The fraction of sp³-hybridized carbons (Fsp3) is 0.728. The molecule has 58 heteroatoms. The summed E-state index contributed by atoms with van der Waals surface area (Å²) in [7, 11) is 0. The monoisotopic (exact) mass is 2150 g/mol. The summed E-state index contributed by atoms with van der Waals surface area (Å²) in [5, 5.41) is 119. The number of aliphatic hydroxyl groups excluding tert-OH is 1. The van der Waals surface area contributed by atoms with Gasteiger partial charge < -0.3 is 172 Å². The summed E-state index contributed by atoms with van der Waals surface area (Å²) in [6.45, 7) is 26.8. The van der Waals surface area contributed by atoms with Crippen molar-refractivity contribution in [2.24, 2.45) is 64.0 Å². The Hall–Kier alpha value is -14.0. The molecule has 19 amide bonds. The lowest BCUT2D eigenvalue weighted by Crippen LogP contribution is -2.60. The number of guanidine groups is 5. The first kappa shape index (κ1) is 136. The third-order valence-corrected chi connectivity index (χ3v) is 23.2. The molecule has 0 unspecified atom stereocenters. The Labute approximate surface area is 880 Å². The van der Waals surface area contributed by atoms with Gasteiger partial charge in [0.2, 0.25) is 112 Å². The molecule has 0 aliphatic carbocycles. The van der Waals surface area contributed by atoms with Gasteiger partial charge in [0.1, 0.15) is 115 Å². The van der Waals surface area contributed by atoms with Crippen molar-refractivity contribution in [3.05, 3.63) is 0 Å². The lowest BCUT2D eigenvalue weighted by molar-refractivity contribution is -0.142. The quantitative estimate of drug-likeness (QED) is 0.0153. The summed E-state index contributed by atoms with van der Waals surface area (Å²) in [5.41, 5.74) is 33.4. The first-order valence-corrected chi connectivity index (χ1v) is 51.6. The first-order chi connectivity index (χ1) is 69.9. The summed E-state index contributed by atoms with van der Waals surface area (Å²) >= 11 is 1.46. The Morgan fingerprint density at radius 3 is 0.587 bits per heavy atom. The zero-order chi connectivity index (χ0) is 115. The molecule has 0 aliphatic heterocycles. The Balaban J connectivity index is 6.91. The number of carboxylic acids is 1. The predicted octanol–water partition coefficient (Wildman–Crippen LogP) is -8.94. The van der Waals surface area contributed by atoms with Crippen molar-refractivity contribution in [3.8, 4) is 0 Å². The van der Waals surface area contributed by atoms with Crippen molar-refractivity contribution >= 4 is 160 Å². The first-order valence-electron chi connectivity index (χ1n) is 50.2. The highest BCUT2D eigenvalue weighted by Gasteiger charge is 2.40. The van der Waals surface area contributed by atoms with Crippen molar-refractivity contribution < 1.29 is 106 Å². The van der Waals surface area contributed by atoms with Crippen LogP contribution in [0.5, 0.6) is 0 Å². The Bertz CT molecular complexity index is 4520. The molecule has 0 radical (unpaired) electrons. The van der Waals surface area contributed by atoms with Gasteiger partial charge in [-0.1, -0.05) is 69.2 Å². The predicted molar refractivity (Wildman–Crippen MR) is 561 cm³/mol. The highest BCUT2D eigenvalue weighted by molar-refractivity contribution is 7.98. The van der Waals surface area contributed by atoms with Crippen molar-refractivity contribution in [1.82, 2.24) is 128 Å². The number of carbonyl (C=O) groups is 20. The van der Waals surface area contributed by atoms with Crippen LogP contribution in [0, 0.1) is 56.6 Å².